The topological polar surface area (TPSA) is 115 Å². The molecule has 0 spiro atoms. The zero-order chi connectivity index (χ0) is 25.2. The molecule has 0 radical (unpaired) electrons. The summed E-state index contributed by atoms with van der Waals surface area (Å²) in [5.41, 5.74) is 1.04. The van der Waals surface area contributed by atoms with E-state index in [1.54, 1.807) is 18.1 Å². The fraction of sp³-hybridized carbons (Fsp3) is 0.556. The Balaban J connectivity index is 1.54. The van der Waals surface area contributed by atoms with E-state index in [4.69, 9.17) is 4.74 Å². The minimum atomic E-state index is -0.751. The van der Waals surface area contributed by atoms with Gasteiger partial charge >= 0.3 is 0 Å². The van der Waals surface area contributed by atoms with Gasteiger partial charge in [0, 0.05) is 29.8 Å². The van der Waals surface area contributed by atoms with Crippen molar-refractivity contribution in [1.29, 1.82) is 5.26 Å². The Morgan fingerprint density at radius 1 is 1.31 bits per heavy atom. The van der Waals surface area contributed by atoms with Gasteiger partial charge < -0.3 is 19.9 Å². The van der Waals surface area contributed by atoms with E-state index in [-0.39, 0.29) is 28.9 Å². The Kier molecular flexibility index (Phi) is 7.15. The first-order valence-corrected chi connectivity index (χ1v) is 12.4. The monoisotopic (exact) mass is 478 g/mol. The Labute approximate surface area is 206 Å². The third kappa shape index (κ3) is 5.34. The van der Waals surface area contributed by atoms with E-state index in [0.29, 0.717) is 37.3 Å². The van der Waals surface area contributed by atoms with Crippen LogP contribution in [0.3, 0.4) is 0 Å². The number of nitrogens with zero attached hydrogens (tertiary/aromatic N) is 2. The van der Waals surface area contributed by atoms with Crippen LogP contribution >= 0.6 is 0 Å². The van der Waals surface area contributed by atoms with Crippen LogP contribution in [0.5, 0.6) is 5.75 Å². The molecule has 1 aromatic carbocycles. The van der Waals surface area contributed by atoms with Crippen LogP contribution in [0, 0.1) is 22.7 Å². The van der Waals surface area contributed by atoms with E-state index in [0.717, 1.165) is 36.6 Å². The number of nitrogens with one attached hydrogen (secondary N) is 2. The van der Waals surface area contributed by atoms with Crippen LogP contribution in [0.15, 0.2) is 24.3 Å². The summed E-state index contributed by atoms with van der Waals surface area (Å²) in [5, 5.41) is 13.3. The molecule has 8 heteroatoms. The number of methoxy groups -OCH3 is 1. The fourth-order valence-corrected chi connectivity index (χ4v) is 5.40. The van der Waals surface area contributed by atoms with Crippen molar-refractivity contribution < 1.29 is 19.1 Å². The van der Waals surface area contributed by atoms with Crippen molar-refractivity contribution >= 4 is 28.5 Å². The molecule has 2 fully saturated rings. The number of Topliss-reactive ketones (excluding diaryl/α,β-unsaturated/α-hetero) is 1. The minimum Gasteiger partial charge on any atom is -0.496 e. The number of amides is 2. The highest BCUT2D eigenvalue weighted by atomic mass is 16.5. The van der Waals surface area contributed by atoms with Crippen LogP contribution < -0.4 is 10.1 Å². The molecule has 35 heavy (non-hydrogen) atoms. The molecule has 3 atom stereocenters. The number of carbonyl (C=O) groups excluding carboxylic acids is 3. The first-order valence-electron chi connectivity index (χ1n) is 12.4. The molecule has 2 heterocycles. The summed E-state index contributed by atoms with van der Waals surface area (Å²) in [7, 11) is 1.59. The average molecular weight is 479 g/mol. The molecule has 186 valence electrons. The van der Waals surface area contributed by atoms with Crippen molar-refractivity contribution in [2.45, 2.75) is 70.9 Å². The number of rotatable bonds is 6. The largest absolute Gasteiger partial charge is 0.496 e. The van der Waals surface area contributed by atoms with E-state index in [2.05, 4.69) is 30.2 Å². The van der Waals surface area contributed by atoms with E-state index in [1.807, 2.05) is 18.2 Å². The lowest BCUT2D eigenvalue weighted by Crippen LogP contribution is -2.57. The minimum absolute atomic E-state index is 0.140. The predicted octanol–water partition coefficient (Wildman–Crippen LogP) is 3.97. The van der Waals surface area contributed by atoms with Gasteiger partial charge in [0.15, 0.2) is 0 Å². The molecular formula is C27H34N4O4. The van der Waals surface area contributed by atoms with E-state index >= 15 is 0 Å². The number of aromatic amines is 1. The summed E-state index contributed by atoms with van der Waals surface area (Å²) in [6, 6.07) is 8.06. The van der Waals surface area contributed by atoms with Gasteiger partial charge in [-0.15, -0.1) is 0 Å². The molecular weight excluding hydrogens is 444 g/mol. The molecule has 2 aromatic rings. The molecule has 2 N–H and O–H groups in total. The standard InChI is InChI=1S/C27H34N4O4/c1-27(2)12-11-22(25(33)29-18(15-28)13-17-7-4-5-9-23(17)32)31(16-27)26(34)21-14-19-20(30-21)8-6-10-24(19)35-3/h6,8,10,14,17-18,22,30H,4-5,7,9,11-13,16H2,1-3H3,(H,29,33)/t17-,18-,22-/m0/s1. The van der Waals surface area contributed by atoms with Gasteiger partial charge in [-0.3, -0.25) is 14.4 Å². The number of hydrogen-bond acceptors (Lipinski definition) is 5. The molecule has 0 bridgehead atoms. The third-order valence-corrected chi connectivity index (χ3v) is 7.38. The lowest BCUT2D eigenvalue weighted by Gasteiger charge is -2.43. The van der Waals surface area contributed by atoms with Crippen LogP contribution in [-0.4, -0.2) is 53.2 Å². The smallest absolute Gasteiger partial charge is 0.271 e. The number of carbonyl (C=O) groups is 3. The van der Waals surface area contributed by atoms with Gasteiger partial charge in [-0.25, -0.2) is 0 Å². The quantitative estimate of drug-likeness (QED) is 0.652. The maximum atomic E-state index is 13.7. The predicted molar refractivity (Wildman–Crippen MR) is 132 cm³/mol. The zero-order valence-electron chi connectivity index (χ0n) is 20.7. The number of ether oxygens (including phenoxy) is 1. The highest BCUT2D eigenvalue weighted by Gasteiger charge is 2.41. The Morgan fingerprint density at radius 3 is 2.83 bits per heavy atom. The number of H-pyrrole nitrogens is 1. The summed E-state index contributed by atoms with van der Waals surface area (Å²) in [6.07, 6.45) is 4.80. The van der Waals surface area contributed by atoms with Crippen molar-refractivity contribution in [1.82, 2.24) is 15.2 Å². The first kappa shape index (κ1) is 24.8. The molecule has 4 rings (SSSR count). The van der Waals surface area contributed by atoms with Crippen LogP contribution in [0.1, 0.15) is 69.3 Å². The summed E-state index contributed by atoms with van der Waals surface area (Å²) < 4.78 is 5.42. The third-order valence-electron chi connectivity index (χ3n) is 7.38. The van der Waals surface area contributed by atoms with Gasteiger partial charge in [-0.1, -0.05) is 26.3 Å². The average Bonchev–Trinajstić information content (AvgIpc) is 3.28. The summed E-state index contributed by atoms with van der Waals surface area (Å²) >= 11 is 0. The van der Waals surface area contributed by atoms with Gasteiger partial charge in [0.25, 0.3) is 5.91 Å². The van der Waals surface area contributed by atoms with Gasteiger partial charge in [0.2, 0.25) is 5.91 Å². The SMILES string of the molecule is COc1cccc2[nH]c(C(=O)N3CC(C)(C)CC[C@H]3C(=O)N[C@H](C#N)C[C@@H]3CCCCC3=O)cc12. The fourth-order valence-electron chi connectivity index (χ4n) is 5.40. The Morgan fingerprint density at radius 2 is 2.11 bits per heavy atom. The highest BCUT2D eigenvalue weighted by molar-refractivity contribution is 6.01. The lowest BCUT2D eigenvalue weighted by atomic mass is 9.80. The summed E-state index contributed by atoms with van der Waals surface area (Å²) in [4.78, 5) is 44.0. The summed E-state index contributed by atoms with van der Waals surface area (Å²) in [6.45, 7) is 4.60. The molecule has 1 saturated heterocycles. The second-order valence-corrected chi connectivity index (χ2v) is 10.6. The first-order chi connectivity index (χ1) is 16.7. The number of ketones is 1. The number of aromatic nitrogens is 1. The lowest BCUT2D eigenvalue weighted by molar-refractivity contribution is -0.129. The van der Waals surface area contributed by atoms with Crippen LogP contribution in [-0.2, 0) is 9.59 Å². The Hall–Kier alpha value is -3.34. The van der Waals surface area contributed by atoms with Crippen molar-refractivity contribution in [3.63, 3.8) is 0 Å². The maximum absolute atomic E-state index is 13.7. The van der Waals surface area contributed by atoms with Crippen molar-refractivity contribution in [2.75, 3.05) is 13.7 Å². The highest BCUT2D eigenvalue weighted by Crippen LogP contribution is 2.34. The molecule has 0 unspecified atom stereocenters. The normalized spacial score (nSPS) is 22.9. The number of hydrogen-bond donors (Lipinski definition) is 2. The number of benzene rings is 1. The van der Waals surface area contributed by atoms with Crippen LogP contribution in [0.2, 0.25) is 0 Å². The summed E-state index contributed by atoms with van der Waals surface area (Å²) in [5.74, 6) is 0.0685. The van der Waals surface area contributed by atoms with E-state index < -0.39 is 12.1 Å². The second kappa shape index (κ2) is 10.1. The second-order valence-electron chi connectivity index (χ2n) is 10.6. The molecule has 1 saturated carbocycles. The number of likely N-dealkylation sites (tertiary alicyclic amines) is 1. The van der Waals surface area contributed by atoms with Crippen molar-refractivity contribution in [3.05, 3.63) is 30.0 Å². The number of nitriles is 1. The van der Waals surface area contributed by atoms with Gasteiger partial charge in [-0.05, 0) is 55.7 Å². The van der Waals surface area contributed by atoms with E-state index in [9.17, 15) is 19.6 Å². The Bertz CT molecular complexity index is 1160. The van der Waals surface area contributed by atoms with Gasteiger partial charge in [-0.2, -0.15) is 5.26 Å². The van der Waals surface area contributed by atoms with Gasteiger partial charge in [0.05, 0.1) is 13.2 Å². The molecule has 1 aliphatic carbocycles. The van der Waals surface area contributed by atoms with Crippen molar-refractivity contribution in [2.24, 2.45) is 11.3 Å². The molecule has 1 aliphatic heterocycles. The maximum Gasteiger partial charge on any atom is 0.271 e. The van der Waals surface area contributed by atoms with Crippen LogP contribution in [0.25, 0.3) is 10.9 Å². The molecule has 1 aromatic heterocycles. The molecule has 8 nitrogen and oxygen atoms in total. The zero-order valence-corrected chi connectivity index (χ0v) is 20.7. The number of piperidine rings is 1. The number of fused-ring (bicyclic) bond motifs is 1. The molecule has 2 aliphatic rings. The molecule has 2 amide bonds. The van der Waals surface area contributed by atoms with Crippen LogP contribution in [0.4, 0.5) is 0 Å². The van der Waals surface area contributed by atoms with E-state index in [1.165, 1.54) is 0 Å². The van der Waals surface area contributed by atoms with Crippen molar-refractivity contribution in [3.8, 4) is 11.8 Å². The van der Waals surface area contributed by atoms with Gasteiger partial charge in [0.1, 0.15) is 29.3 Å².